The van der Waals surface area contributed by atoms with Crippen molar-refractivity contribution in [1.82, 2.24) is 0 Å². The van der Waals surface area contributed by atoms with Crippen LogP contribution in [0.3, 0.4) is 0 Å². The maximum absolute atomic E-state index is 4.50. The lowest BCUT2D eigenvalue weighted by molar-refractivity contribution is 1.13. The third kappa shape index (κ3) is 7.75. The van der Waals surface area contributed by atoms with Crippen LogP contribution < -0.4 is 5.73 Å². The minimum atomic E-state index is 1.14. The second-order valence-corrected chi connectivity index (χ2v) is 4.68. The Hall–Kier alpha value is -1.60. The van der Waals surface area contributed by atoms with E-state index in [9.17, 15) is 0 Å². The fourth-order valence-corrected chi connectivity index (χ4v) is 1.76. The summed E-state index contributed by atoms with van der Waals surface area (Å²) in [6.07, 6.45) is 2.28. The summed E-state index contributed by atoms with van der Waals surface area (Å²) in [6.45, 7) is 8.58. The third-order valence-corrected chi connectivity index (χ3v) is 3.02. The van der Waals surface area contributed by atoms with Gasteiger partial charge in [-0.05, 0) is 44.9 Å². The molecule has 0 fully saturated rings. The highest BCUT2D eigenvalue weighted by atomic mass is 14.4. The van der Waals surface area contributed by atoms with Gasteiger partial charge in [0.05, 0.1) is 0 Å². The van der Waals surface area contributed by atoms with Crippen LogP contribution in [0.4, 0.5) is 0 Å². The Labute approximate surface area is 124 Å². The Morgan fingerprint density at radius 3 is 1.65 bits per heavy atom. The van der Waals surface area contributed by atoms with Gasteiger partial charge >= 0.3 is 0 Å². The van der Waals surface area contributed by atoms with Gasteiger partial charge in [0, 0.05) is 0 Å². The second kappa shape index (κ2) is 11.2. The molecule has 0 bridgehead atoms. The minimum absolute atomic E-state index is 1.14. The van der Waals surface area contributed by atoms with Crippen molar-refractivity contribution < 1.29 is 0 Å². The Bertz CT molecular complexity index is 457. The van der Waals surface area contributed by atoms with Crippen LogP contribution in [0.25, 0.3) is 0 Å². The van der Waals surface area contributed by atoms with Crippen LogP contribution in [-0.4, -0.2) is 7.05 Å². The first-order valence-corrected chi connectivity index (χ1v) is 7.34. The summed E-state index contributed by atoms with van der Waals surface area (Å²) in [4.78, 5) is 0. The number of rotatable bonds is 2. The predicted molar refractivity (Wildman–Crippen MR) is 91.2 cm³/mol. The Balaban J connectivity index is 0.000000321. The molecule has 0 unspecified atom stereocenters. The second-order valence-electron chi connectivity index (χ2n) is 4.68. The molecule has 1 heteroatoms. The molecule has 20 heavy (non-hydrogen) atoms. The quantitative estimate of drug-likeness (QED) is 0.842. The normalized spacial score (nSPS) is 8.90. The van der Waals surface area contributed by atoms with Crippen LogP contribution in [0, 0.1) is 13.8 Å². The number of hydrogen-bond acceptors (Lipinski definition) is 1. The maximum atomic E-state index is 4.50. The zero-order chi connectivity index (χ0) is 15.4. The third-order valence-electron chi connectivity index (χ3n) is 3.02. The van der Waals surface area contributed by atoms with Gasteiger partial charge < -0.3 is 5.73 Å². The van der Waals surface area contributed by atoms with Gasteiger partial charge in [-0.2, -0.15) is 0 Å². The highest BCUT2D eigenvalue weighted by Gasteiger charge is 1.86. The van der Waals surface area contributed by atoms with Crippen LogP contribution in [0.1, 0.15) is 36.1 Å². The standard InChI is InChI=1S/2C9H12.CH5N/c1-3-9-6-4-8(2)5-7-9;1-3-9-6-4-5-8(2)7-9;1-2/h2*4-7H,3H2,1-2H3;2H2,1H3. The molecule has 2 aromatic carbocycles. The summed E-state index contributed by atoms with van der Waals surface area (Å²) in [7, 11) is 1.50. The van der Waals surface area contributed by atoms with E-state index in [4.69, 9.17) is 0 Å². The van der Waals surface area contributed by atoms with Gasteiger partial charge in [0.25, 0.3) is 0 Å². The molecule has 0 aliphatic carbocycles. The van der Waals surface area contributed by atoms with Gasteiger partial charge in [0.2, 0.25) is 0 Å². The molecule has 2 aromatic rings. The first kappa shape index (κ1) is 18.4. The van der Waals surface area contributed by atoms with Gasteiger partial charge in [0.15, 0.2) is 0 Å². The lowest BCUT2D eigenvalue weighted by atomic mass is 10.1. The highest BCUT2D eigenvalue weighted by molar-refractivity contribution is 5.22. The zero-order valence-electron chi connectivity index (χ0n) is 13.6. The molecular weight excluding hydrogens is 242 g/mol. The molecule has 0 heterocycles. The lowest BCUT2D eigenvalue weighted by Crippen LogP contribution is -1.78. The molecule has 0 saturated heterocycles. The molecule has 0 spiro atoms. The van der Waals surface area contributed by atoms with E-state index in [1.807, 2.05) is 0 Å². The van der Waals surface area contributed by atoms with E-state index in [1.54, 1.807) is 0 Å². The average molecular weight is 271 g/mol. The molecular formula is C19H29N. The van der Waals surface area contributed by atoms with E-state index in [0.29, 0.717) is 0 Å². The summed E-state index contributed by atoms with van der Waals surface area (Å²) >= 11 is 0. The molecule has 2 N–H and O–H groups in total. The highest BCUT2D eigenvalue weighted by Crippen LogP contribution is 2.03. The minimum Gasteiger partial charge on any atom is -0.333 e. The van der Waals surface area contributed by atoms with E-state index in [2.05, 4.69) is 82.0 Å². The van der Waals surface area contributed by atoms with Crippen molar-refractivity contribution in [3.8, 4) is 0 Å². The smallest absolute Gasteiger partial charge is 0.0195 e. The van der Waals surface area contributed by atoms with Crippen molar-refractivity contribution in [3.63, 3.8) is 0 Å². The molecule has 0 aromatic heterocycles. The van der Waals surface area contributed by atoms with Gasteiger partial charge in [-0.25, -0.2) is 0 Å². The Kier molecular flexibility index (Phi) is 10.3. The first-order valence-electron chi connectivity index (χ1n) is 7.34. The molecule has 0 aliphatic rings. The largest absolute Gasteiger partial charge is 0.333 e. The van der Waals surface area contributed by atoms with Crippen molar-refractivity contribution in [2.45, 2.75) is 40.5 Å². The number of hydrogen-bond donors (Lipinski definition) is 1. The SMILES string of the molecule is CCc1ccc(C)cc1.CCc1cccc(C)c1.CN. The van der Waals surface area contributed by atoms with Crippen LogP contribution in [0.2, 0.25) is 0 Å². The van der Waals surface area contributed by atoms with Gasteiger partial charge in [0.1, 0.15) is 0 Å². The fourth-order valence-electron chi connectivity index (χ4n) is 1.76. The summed E-state index contributed by atoms with van der Waals surface area (Å²) in [5.74, 6) is 0. The summed E-state index contributed by atoms with van der Waals surface area (Å²) in [5, 5.41) is 0. The summed E-state index contributed by atoms with van der Waals surface area (Å²) < 4.78 is 0. The number of benzene rings is 2. The number of aryl methyl sites for hydroxylation is 4. The lowest BCUT2D eigenvalue weighted by Gasteiger charge is -1.95. The van der Waals surface area contributed by atoms with E-state index in [1.165, 1.54) is 29.3 Å². The first-order chi connectivity index (χ1) is 9.65. The van der Waals surface area contributed by atoms with Crippen molar-refractivity contribution in [2.24, 2.45) is 5.73 Å². The molecule has 0 amide bonds. The summed E-state index contributed by atoms with van der Waals surface area (Å²) in [6, 6.07) is 17.3. The monoisotopic (exact) mass is 271 g/mol. The summed E-state index contributed by atoms with van der Waals surface area (Å²) in [5.41, 5.74) is 10.0. The van der Waals surface area contributed by atoms with Gasteiger partial charge in [-0.15, -0.1) is 0 Å². The van der Waals surface area contributed by atoms with Crippen molar-refractivity contribution in [1.29, 1.82) is 0 Å². The zero-order valence-corrected chi connectivity index (χ0v) is 13.6. The Morgan fingerprint density at radius 1 is 0.700 bits per heavy atom. The van der Waals surface area contributed by atoms with Crippen LogP contribution in [-0.2, 0) is 12.8 Å². The van der Waals surface area contributed by atoms with E-state index >= 15 is 0 Å². The maximum Gasteiger partial charge on any atom is -0.0195 e. The topological polar surface area (TPSA) is 26.0 Å². The van der Waals surface area contributed by atoms with Crippen LogP contribution in [0.5, 0.6) is 0 Å². The molecule has 0 aliphatic heterocycles. The molecule has 0 atom stereocenters. The molecule has 110 valence electrons. The molecule has 0 radical (unpaired) electrons. The van der Waals surface area contributed by atoms with Crippen molar-refractivity contribution >= 4 is 0 Å². The van der Waals surface area contributed by atoms with Crippen molar-refractivity contribution in [3.05, 3.63) is 70.8 Å². The van der Waals surface area contributed by atoms with Gasteiger partial charge in [-0.1, -0.05) is 73.5 Å². The number of nitrogens with two attached hydrogens (primary N) is 1. The average Bonchev–Trinajstić information content (AvgIpc) is 2.51. The molecule has 2 rings (SSSR count). The van der Waals surface area contributed by atoms with Crippen molar-refractivity contribution in [2.75, 3.05) is 7.05 Å². The van der Waals surface area contributed by atoms with Crippen LogP contribution in [0.15, 0.2) is 48.5 Å². The van der Waals surface area contributed by atoms with E-state index in [0.717, 1.165) is 12.8 Å². The van der Waals surface area contributed by atoms with E-state index in [-0.39, 0.29) is 0 Å². The van der Waals surface area contributed by atoms with Crippen LogP contribution >= 0.6 is 0 Å². The fraction of sp³-hybridized carbons (Fsp3) is 0.368. The van der Waals surface area contributed by atoms with Gasteiger partial charge in [-0.3, -0.25) is 0 Å². The van der Waals surface area contributed by atoms with E-state index < -0.39 is 0 Å². The Morgan fingerprint density at radius 2 is 1.25 bits per heavy atom. The molecule has 1 nitrogen and oxygen atoms in total. The predicted octanol–water partition coefficient (Wildman–Crippen LogP) is 4.69. The molecule has 0 saturated carbocycles.